The van der Waals surface area contributed by atoms with E-state index in [0.29, 0.717) is 54.1 Å². The summed E-state index contributed by atoms with van der Waals surface area (Å²) in [5.41, 5.74) is 5.32. The van der Waals surface area contributed by atoms with E-state index in [-0.39, 0.29) is 143 Å². The van der Waals surface area contributed by atoms with Gasteiger partial charge in [-0.2, -0.15) is 8.91 Å². The summed E-state index contributed by atoms with van der Waals surface area (Å²) in [5, 5.41) is 13.4. The largest absolute Gasteiger partial charge is 1.00 e. The third-order valence-electron chi connectivity index (χ3n) is 11.0. The van der Waals surface area contributed by atoms with Gasteiger partial charge in [-0.1, -0.05) is 26.0 Å². The molecule has 0 unspecified atom stereocenters. The molecule has 0 amide bonds. The first-order valence-electron chi connectivity index (χ1n) is 19.2. The van der Waals surface area contributed by atoms with Gasteiger partial charge in [-0.25, -0.2) is 33.7 Å². The topological polar surface area (TPSA) is 277 Å². The minimum absolute atomic E-state index is 0. The van der Waals surface area contributed by atoms with Crippen LogP contribution in [0.15, 0.2) is 92.9 Å². The monoisotopic (exact) mass is 1070 g/mol. The van der Waals surface area contributed by atoms with Crippen molar-refractivity contribution in [1.82, 2.24) is 0 Å². The van der Waals surface area contributed by atoms with Crippen molar-refractivity contribution in [1.29, 1.82) is 0 Å². The molecule has 2 aromatic carbocycles. The van der Waals surface area contributed by atoms with Gasteiger partial charge >= 0.3 is 118 Å². The molecular formula is C39H46N2Na4O15S6. The van der Waals surface area contributed by atoms with Crippen LogP contribution >= 0.6 is 23.8 Å². The second kappa shape index (κ2) is 26.9. The van der Waals surface area contributed by atoms with Gasteiger partial charge in [-0.3, -0.25) is 5.04 Å². The number of fused-ring (bicyclic) bond motifs is 2. The summed E-state index contributed by atoms with van der Waals surface area (Å²) >= 11 is 1.67. The Kier molecular flexibility index (Phi) is 26.5. The first kappa shape index (κ1) is 65.1. The third-order valence-corrected chi connectivity index (χ3v) is 16.3. The fourth-order valence-electron chi connectivity index (χ4n) is 8.08. The van der Waals surface area contributed by atoms with Crippen LogP contribution in [0, 0.1) is 0 Å². The maximum Gasteiger partial charge on any atom is 1.00 e. The van der Waals surface area contributed by atoms with E-state index in [1.807, 2.05) is 73.6 Å². The minimum atomic E-state index is -4.80. The fraction of sp³-hybridized carbons (Fsp3) is 0.462. The Hall–Kier alpha value is 1.09. The number of thioether (sulfide) groups is 1. The zero-order valence-corrected chi connectivity index (χ0v) is 51.1. The van der Waals surface area contributed by atoms with Gasteiger partial charge in [0.15, 0.2) is 5.71 Å². The summed E-state index contributed by atoms with van der Waals surface area (Å²) in [7, 11) is -18.2. The Balaban J connectivity index is 0.00000544. The summed E-state index contributed by atoms with van der Waals surface area (Å²) in [6.07, 6.45) is 9.51. The quantitative estimate of drug-likeness (QED) is 0.0214. The number of allylic oxidation sites excluding steroid dienone is 7. The van der Waals surface area contributed by atoms with Crippen molar-refractivity contribution in [3.05, 3.63) is 94.2 Å². The minimum Gasteiger partial charge on any atom is -0.748 e. The normalized spacial score (nSPS) is 18.0. The van der Waals surface area contributed by atoms with E-state index in [1.165, 1.54) is 18.2 Å². The zero-order chi connectivity index (χ0) is 45.9. The molecule has 3 aliphatic rings. The maximum absolute atomic E-state index is 12.0. The van der Waals surface area contributed by atoms with Crippen LogP contribution in [-0.2, 0) is 60.7 Å². The molecule has 17 nitrogen and oxygen atoms in total. The molecule has 0 bridgehead atoms. The van der Waals surface area contributed by atoms with Crippen molar-refractivity contribution < 1.29 is 189 Å². The van der Waals surface area contributed by atoms with Crippen LogP contribution in [0.3, 0.4) is 0 Å². The average Bonchev–Trinajstić information content (AvgIpc) is 3.71. The molecule has 0 aromatic heterocycles. The van der Waals surface area contributed by atoms with Crippen molar-refractivity contribution in [2.75, 3.05) is 40.3 Å². The van der Waals surface area contributed by atoms with Crippen molar-refractivity contribution in [3.8, 4) is 0 Å². The van der Waals surface area contributed by atoms with Crippen molar-refractivity contribution in [2.45, 2.75) is 86.8 Å². The molecule has 5 rings (SSSR count). The number of anilines is 1. The summed E-state index contributed by atoms with van der Waals surface area (Å²) in [4.78, 5) is 2.07. The molecule has 0 saturated heterocycles. The summed E-state index contributed by atoms with van der Waals surface area (Å²) in [6.45, 7) is 8.31. The molecule has 2 aliphatic heterocycles. The Bertz CT molecular complexity index is 2690. The smallest absolute Gasteiger partial charge is 0.748 e. The van der Waals surface area contributed by atoms with Crippen LogP contribution in [0.25, 0.3) is 0 Å². The molecule has 66 heavy (non-hydrogen) atoms. The predicted octanol–water partition coefficient (Wildman–Crippen LogP) is -7.65. The number of unbranched alkanes of at least 4 members (excludes halogenated alkanes) is 2. The SMILES string of the molecule is CC1(C)C(C=CC2=C(CSCS(=O)(=O)[O-])C(=C/C=C3/N(CCCCS(=O)(=O)[O-])c4ccc(S(=O)(=O)[O-])cc4C3(C)C)CC2)=[N+](CCCCS(=O)(=O)[O-])c2ccc(SOO[O-])cc21.[Na+].[Na+].[Na+].[Na+]. The van der Waals surface area contributed by atoms with Gasteiger partial charge in [0.25, 0.3) is 0 Å². The first-order chi connectivity index (χ1) is 28.7. The van der Waals surface area contributed by atoms with Gasteiger partial charge in [-0.05, 0) is 105 Å². The number of nitrogens with zero attached hydrogens (tertiary/aromatic N) is 2. The van der Waals surface area contributed by atoms with Crippen molar-refractivity contribution in [2.24, 2.45) is 0 Å². The third kappa shape index (κ3) is 17.6. The standard InChI is InChI=1S/C39H50N2O15S6.4Na/c1-38(2)32-23-29(58-56-55-42)13-15-34(32)40(19-5-7-21-59(43,44)45)36(38)17-11-27-9-10-28(31(27)25-57-26-61(49,50)51)12-18-37-39(3,4)33-24-30(62(52,53)54)14-16-35(33)41(37)20-6-8-22-60(46,47)48;;;;/h11-18,23-24H,5-10,19-22,25-26H2,1-4H3,(H4-,42,43,44,45,46,47,48,49,50,51,52,53,54);;;;/q;4*+1/p-4. The van der Waals surface area contributed by atoms with Gasteiger partial charge in [0.2, 0.25) is 5.69 Å². The van der Waals surface area contributed by atoms with Crippen LogP contribution in [-0.4, -0.2) is 97.6 Å². The van der Waals surface area contributed by atoms with Gasteiger partial charge in [0.1, 0.15) is 26.8 Å². The Morgan fingerprint density at radius 1 is 0.742 bits per heavy atom. The molecule has 27 heteroatoms. The molecule has 0 atom stereocenters. The van der Waals surface area contributed by atoms with Crippen LogP contribution in [0.2, 0.25) is 0 Å². The van der Waals surface area contributed by atoms with E-state index in [1.54, 1.807) is 6.07 Å². The van der Waals surface area contributed by atoms with Crippen LogP contribution < -0.4 is 128 Å². The maximum atomic E-state index is 12.0. The molecule has 0 N–H and O–H groups in total. The Morgan fingerprint density at radius 2 is 1.38 bits per heavy atom. The second-order valence-corrected chi connectivity index (χ2v) is 24.0. The van der Waals surface area contributed by atoms with Crippen molar-refractivity contribution >= 4 is 81.4 Å². The van der Waals surface area contributed by atoms with Gasteiger partial charge < -0.3 is 28.4 Å². The number of hydrogen-bond acceptors (Lipinski definition) is 18. The molecule has 2 heterocycles. The van der Waals surface area contributed by atoms with E-state index in [2.05, 4.69) is 9.37 Å². The average molecular weight is 1070 g/mol. The fourth-order valence-corrected chi connectivity index (χ4v) is 11.8. The van der Waals surface area contributed by atoms with Gasteiger partial charge in [0, 0.05) is 69.6 Å². The van der Waals surface area contributed by atoms with Crippen molar-refractivity contribution in [3.63, 3.8) is 0 Å². The van der Waals surface area contributed by atoms with E-state index in [4.69, 9.17) is 0 Å². The molecule has 2 aromatic rings. The summed E-state index contributed by atoms with van der Waals surface area (Å²) in [6, 6.07) is 9.48. The van der Waals surface area contributed by atoms with Crippen LogP contribution in [0.1, 0.15) is 77.3 Å². The summed E-state index contributed by atoms with van der Waals surface area (Å²) in [5.74, 6) is -0.918. The van der Waals surface area contributed by atoms with E-state index in [9.17, 15) is 57.1 Å². The van der Waals surface area contributed by atoms with Crippen LogP contribution in [0.4, 0.5) is 11.4 Å². The number of hydrogen-bond donors (Lipinski definition) is 0. The van der Waals surface area contributed by atoms with E-state index in [0.717, 1.165) is 57.5 Å². The molecular weight excluding hydrogens is 1020 g/mol. The second-order valence-electron chi connectivity index (χ2n) is 16.0. The molecule has 0 radical (unpaired) electrons. The van der Waals surface area contributed by atoms with Gasteiger partial charge in [-0.15, -0.1) is 11.8 Å². The number of rotatable bonds is 21. The zero-order valence-electron chi connectivity index (χ0n) is 38.2. The number of benzene rings is 2. The van der Waals surface area contributed by atoms with E-state index < -0.39 is 72.8 Å². The van der Waals surface area contributed by atoms with Gasteiger partial charge in [0.05, 0.1) is 47.7 Å². The van der Waals surface area contributed by atoms with Crippen LogP contribution in [0.5, 0.6) is 0 Å². The summed E-state index contributed by atoms with van der Waals surface area (Å²) < 4.78 is 146. The Morgan fingerprint density at radius 3 is 1.97 bits per heavy atom. The van der Waals surface area contributed by atoms with E-state index >= 15 is 0 Å². The first-order valence-corrected chi connectivity index (χ1v) is 27.3. The molecule has 0 spiro atoms. The predicted molar refractivity (Wildman–Crippen MR) is 228 cm³/mol. The molecule has 0 saturated carbocycles. The molecule has 342 valence electrons. The Labute approximate surface area is 485 Å². The molecule has 0 fully saturated rings. The molecule has 1 aliphatic carbocycles.